The van der Waals surface area contributed by atoms with Crippen LogP contribution in [0.1, 0.15) is 24.0 Å². The SMILES string of the molecule is Cc1cc(CC2CC3C=CC2C3)ccc1F. The Morgan fingerprint density at radius 3 is 2.75 bits per heavy atom. The van der Waals surface area contributed by atoms with Crippen molar-refractivity contribution in [3.05, 3.63) is 47.3 Å². The topological polar surface area (TPSA) is 0 Å². The highest BCUT2D eigenvalue weighted by Crippen LogP contribution is 2.44. The van der Waals surface area contributed by atoms with Gasteiger partial charge in [-0.05, 0) is 61.1 Å². The summed E-state index contributed by atoms with van der Waals surface area (Å²) in [5.41, 5.74) is 2.07. The molecule has 1 aromatic carbocycles. The van der Waals surface area contributed by atoms with E-state index in [4.69, 9.17) is 0 Å². The number of aryl methyl sites for hydroxylation is 1. The predicted molar refractivity (Wildman–Crippen MR) is 63.7 cm³/mol. The smallest absolute Gasteiger partial charge is 0.126 e. The molecule has 0 aliphatic heterocycles. The molecule has 0 nitrogen and oxygen atoms in total. The highest BCUT2D eigenvalue weighted by molar-refractivity contribution is 5.25. The van der Waals surface area contributed by atoms with E-state index in [1.165, 1.54) is 18.4 Å². The summed E-state index contributed by atoms with van der Waals surface area (Å²) in [6.45, 7) is 1.85. The van der Waals surface area contributed by atoms with Crippen LogP contribution in [0.15, 0.2) is 30.4 Å². The Morgan fingerprint density at radius 2 is 2.12 bits per heavy atom. The molecular formula is C15H17F. The maximum atomic E-state index is 13.2. The molecule has 2 aliphatic rings. The third-order valence-electron chi connectivity index (χ3n) is 4.14. The van der Waals surface area contributed by atoms with Gasteiger partial charge in [0.1, 0.15) is 5.82 Å². The van der Waals surface area contributed by atoms with E-state index in [9.17, 15) is 4.39 Å². The van der Waals surface area contributed by atoms with Crippen molar-refractivity contribution in [1.29, 1.82) is 0 Å². The monoisotopic (exact) mass is 216 g/mol. The molecule has 1 heteroatoms. The van der Waals surface area contributed by atoms with Gasteiger partial charge in [0.2, 0.25) is 0 Å². The van der Waals surface area contributed by atoms with Gasteiger partial charge in [0.15, 0.2) is 0 Å². The van der Waals surface area contributed by atoms with Gasteiger partial charge in [-0.1, -0.05) is 24.3 Å². The van der Waals surface area contributed by atoms with Gasteiger partial charge in [-0.2, -0.15) is 0 Å². The third-order valence-corrected chi connectivity index (χ3v) is 4.14. The van der Waals surface area contributed by atoms with Gasteiger partial charge >= 0.3 is 0 Å². The Hall–Kier alpha value is -1.11. The molecule has 0 spiro atoms. The van der Waals surface area contributed by atoms with E-state index in [0.29, 0.717) is 0 Å². The van der Waals surface area contributed by atoms with Gasteiger partial charge in [-0.3, -0.25) is 0 Å². The van der Waals surface area contributed by atoms with E-state index in [1.807, 2.05) is 19.1 Å². The largest absolute Gasteiger partial charge is 0.207 e. The Labute approximate surface area is 96.2 Å². The lowest BCUT2D eigenvalue weighted by atomic mass is 9.87. The van der Waals surface area contributed by atoms with Crippen molar-refractivity contribution in [2.24, 2.45) is 17.8 Å². The van der Waals surface area contributed by atoms with Crippen molar-refractivity contribution in [2.45, 2.75) is 26.2 Å². The first kappa shape index (κ1) is 10.1. The summed E-state index contributed by atoms with van der Waals surface area (Å²) in [7, 11) is 0. The van der Waals surface area contributed by atoms with Gasteiger partial charge in [0, 0.05) is 0 Å². The second kappa shape index (κ2) is 3.73. The van der Waals surface area contributed by atoms with Crippen LogP contribution in [-0.2, 0) is 6.42 Å². The van der Waals surface area contributed by atoms with Gasteiger partial charge in [0.05, 0.1) is 0 Å². The molecule has 0 radical (unpaired) electrons. The standard InChI is InChI=1S/C15H17F/c1-10-6-11(3-5-15(10)16)8-14-9-12-2-4-13(14)7-12/h2-6,12-14H,7-9H2,1H3. The maximum Gasteiger partial charge on any atom is 0.126 e. The lowest BCUT2D eigenvalue weighted by molar-refractivity contribution is 0.445. The molecule has 3 rings (SSSR count). The molecule has 3 atom stereocenters. The van der Waals surface area contributed by atoms with Crippen molar-refractivity contribution in [3.8, 4) is 0 Å². The van der Waals surface area contributed by atoms with Crippen molar-refractivity contribution in [2.75, 3.05) is 0 Å². The normalized spacial score (nSPS) is 31.2. The Balaban J connectivity index is 1.75. The average Bonchev–Trinajstić information content (AvgIpc) is 2.85. The minimum absolute atomic E-state index is 0.0865. The van der Waals surface area contributed by atoms with E-state index in [2.05, 4.69) is 12.2 Å². The fraction of sp³-hybridized carbons (Fsp3) is 0.467. The summed E-state index contributed by atoms with van der Waals surface area (Å²) in [4.78, 5) is 0. The molecule has 0 aromatic heterocycles. The first-order valence-electron chi connectivity index (χ1n) is 6.16. The van der Waals surface area contributed by atoms with Crippen molar-refractivity contribution in [1.82, 2.24) is 0 Å². The predicted octanol–water partition coefficient (Wildman–Crippen LogP) is 3.89. The summed E-state index contributed by atoms with van der Waals surface area (Å²) < 4.78 is 13.2. The van der Waals surface area contributed by atoms with Crippen LogP contribution in [-0.4, -0.2) is 0 Å². The molecule has 0 N–H and O–H groups in total. The molecule has 0 heterocycles. The number of rotatable bonds is 2. The molecule has 84 valence electrons. The second-order valence-electron chi connectivity index (χ2n) is 5.33. The number of hydrogen-bond donors (Lipinski definition) is 0. The molecule has 3 unspecified atom stereocenters. The Morgan fingerprint density at radius 1 is 1.25 bits per heavy atom. The molecule has 0 saturated heterocycles. The van der Waals surface area contributed by atoms with Gasteiger partial charge in [-0.25, -0.2) is 4.39 Å². The highest BCUT2D eigenvalue weighted by Gasteiger charge is 2.35. The van der Waals surface area contributed by atoms with Crippen LogP contribution in [0.5, 0.6) is 0 Å². The van der Waals surface area contributed by atoms with Crippen LogP contribution in [0.3, 0.4) is 0 Å². The van der Waals surface area contributed by atoms with Crippen LogP contribution in [0, 0.1) is 30.5 Å². The summed E-state index contributed by atoms with van der Waals surface area (Å²) >= 11 is 0. The lowest BCUT2D eigenvalue weighted by Crippen LogP contribution is -2.10. The summed E-state index contributed by atoms with van der Waals surface area (Å²) in [6.07, 6.45) is 8.56. The van der Waals surface area contributed by atoms with Crippen molar-refractivity contribution < 1.29 is 4.39 Å². The van der Waals surface area contributed by atoms with E-state index in [0.717, 1.165) is 29.7 Å². The van der Waals surface area contributed by atoms with Crippen LogP contribution in [0.25, 0.3) is 0 Å². The summed E-state index contributed by atoms with van der Waals surface area (Å²) in [5.74, 6) is 2.32. The molecule has 1 saturated carbocycles. The zero-order valence-electron chi connectivity index (χ0n) is 9.62. The van der Waals surface area contributed by atoms with E-state index < -0.39 is 0 Å². The first-order chi connectivity index (χ1) is 7.72. The minimum Gasteiger partial charge on any atom is -0.207 e. The summed E-state index contributed by atoms with van der Waals surface area (Å²) in [5, 5.41) is 0. The average molecular weight is 216 g/mol. The second-order valence-corrected chi connectivity index (χ2v) is 5.33. The third kappa shape index (κ3) is 1.68. The van der Waals surface area contributed by atoms with Gasteiger partial charge in [0.25, 0.3) is 0 Å². The van der Waals surface area contributed by atoms with Crippen molar-refractivity contribution >= 4 is 0 Å². The number of fused-ring (bicyclic) bond motifs is 2. The molecule has 2 bridgehead atoms. The summed E-state index contributed by atoms with van der Waals surface area (Å²) in [6, 6.07) is 5.55. The minimum atomic E-state index is -0.0865. The molecule has 1 fully saturated rings. The molecular weight excluding hydrogens is 199 g/mol. The van der Waals surface area contributed by atoms with Crippen LogP contribution in [0.4, 0.5) is 4.39 Å². The zero-order valence-corrected chi connectivity index (χ0v) is 9.62. The van der Waals surface area contributed by atoms with Gasteiger partial charge in [-0.15, -0.1) is 0 Å². The fourth-order valence-electron chi connectivity index (χ4n) is 3.27. The zero-order chi connectivity index (χ0) is 11.1. The number of benzene rings is 1. The molecule has 0 amide bonds. The van der Waals surface area contributed by atoms with Crippen LogP contribution < -0.4 is 0 Å². The quantitative estimate of drug-likeness (QED) is 0.658. The number of allylic oxidation sites excluding steroid dienone is 2. The number of halogens is 1. The maximum absolute atomic E-state index is 13.2. The lowest BCUT2D eigenvalue weighted by Gasteiger charge is -2.18. The van der Waals surface area contributed by atoms with Crippen LogP contribution >= 0.6 is 0 Å². The highest BCUT2D eigenvalue weighted by atomic mass is 19.1. The van der Waals surface area contributed by atoms with E-state index >= 15 is 0 Å². The van der Waals surface area contributed by atoms with Gasteiger partial charge < -0.3 is 0 Å². The Bertz CT molecular complexity index is 433. The molecule has 1 aromatic rings. The number of hydrogen-bond acceptors (Lipinski definition) is 0. The first-order valence-corrected chi connectivity index (χ1v) is 6.16. The fourth-order valence-corrected chi connectivity index (χ4v) is 3.27. The Kier molecular flexibility index (Phi) is 2.34. The van der Waals surface area contributed by atoms with E-state index in [1.54, 1.807) is 6.07 Å². The molecule has 2 aliphatic carbocycles. The van der Waals surface area contributed by atoms with Crippen LogP contribution in [0.2, 0.25) is 0 Å². The van der Waals surface area contributed by atoms with E-state index in [-0.39, 0.29) is 5.82 Å². The molecule has 16 heavy (non-hydrogen) atoms. The van der Waals surface area contributed by atoms with Crippen molar-refractivity contribution in [3.63, 3.8) is 0 Å².